The zero-order valence-electron chi connectivity index (χ0n) is 24.6. The summed E-state index contributed by atoms with van der Waals surface area (Å²) in [6.45, 7) is 21.5. The van der Waals surface area contributed by atoms with Gasteiger partial charge in [0.2, 0.25) is 0 Å². The molecule has 2 aliphatic carbocycles. The van der Waals surface area contributed by atoms with E-state index in [0.29, 0.717) is 0 Å². The highest BCUT2D eigenvalue weighted by Gasteiger charge is 2.35. The van der Waals surface area contributed by atoms with E-state index in [4.69, 9.17) is 11.3 Å². The van der Waals surface area contributed by atoms with E-state index in [0.717, 1.165) is 56.9 Å². The minimum absolute atomic E-state index is 0.103. The lowest BCUT2D eigenvalue weighted by Crippen LogP contribution is -2.39. The number of nitrogens with zero attached hydrogens (tertiary/aromatic N) is 3. The normalized spacial score (nSPS) is 19.1. The number of benzene rings is 2. The Morgan fingerprint density at radius 3 is 1.61 bits per heavy atom. The Kier molecular flexibility index (Phi) is 9.01. The maximum atomic E-state index is 8.98. The molecule has 0 atom stereocenters. The van der Waals surface area contributed by atoms with Gasteiger partial charge >= 0.3 is 0 Å². The van der Waals surface area contributed by atoms with Gasteiger partial charge in [-0.2, -0.15) is 0 Å². The zero-order valence-corrected chi connectivity index (χ0v) is 24.6. The van der Waals surface area contributed by atoms with Gasteiger partial charge in [0.1, 0.15) is 0 Å². The van der Waals surface area contributed by atoms with Crippen LogP contribution >= 0.6 is 0 Å². The van der Waals surface area contributed by atoms with Crippen molar-refractivity contribution in [2.45, 2.75) is 115 Å². The van der Waals surface area contributed by atoms with Crippen LogP contribution < -0.4 is 5.73 Å². The summed E-state index contributed by atoms with van der Waals surface area (Å²) in [6.07, 6.45) is 7.80. The van der Waals surface area contributed by atoms with E-state index < -0.39 is 5.54 Å². The summed E-state index contributed by atoms with van der Waals surface area (Å²) in [4.78, 5) is 3.12. The van der Waals surface area contributed by atoms with E-state index in [-0.39, 0.29) is 16.4 Å². The van der Waals surface area contributed by atoms with Gasteiger partial charge in [0, 0.05) is 10.5 Å². The molecule has 4 nitrogen and oxygen atoms in total. The molecule has 204 valence electrons. The number of hydrogen-bond acceptors (Lipinski definition) is 2. The average molecular weight is 513 g/mol. The molecular weight excluding hydrogens is 464 g/mol. The van der Waals surface area contributed by atoms with Gasteiger partial charge in [0.25, 0.3) is 0 Å². The molecule has 38 heavy (non-hydrogen) atoms. The molecule has 4 rings (SSSR count). The third-order valence-electron chi connectivity index (χ3n) is 8.44. The van der Waals surface area contributed by atoms with Gasteiger partial charge in [0.05, 0.1) is 5.54 Å². The van der Waals surface area contributed by atoms with Crippen molar-refractivity contribution < 1.29 is 0 Å². The molecule has 0 amide bonds. The van der Waals surface area contributed by atoms with E-state index in [9.17, 15) is 0 Å². The topological polar surface area (TPSA) is 74.8 Å². The molecule has 0 heterocycles. The largest absolute Gasteiger partial charge is 0.321 e. The molecule has 0 aromatic heterocycles. The van der Waals surface area contributed by atoms with Crippen LogP contribution in [0.25, 0.3) is 10.4 Å². The first-order valence-electron chi connectivity index (χ1n) is 14.1. The van der Waals surface area contributed by atoms with Crippen LogP contribution in [0.1, 0.15) is 115 Å². The molecule has 0 unspecified atom stereocenters. The summed E-state index contributed by atoms with van der Waals surface area (Å²) in [5.74, 6) is 0. The predicted octanol–water partition coefficient (Wildman–Crippen LogP) is 9.89. The van der Waals surface area contributed by atoms with Gasteiger partial charge in [0.15, 0.2) is 0 Å². The molecule has 4 heteroatoms. The van der Waals surface area contributed by atoms with E-state index >= 15 is 0 Å². The molecule has 0 radical (unpaired) electrons. The van der Waals surface area contributed by atoms with Crippen molar-refractivity contribution in [1.29, 1.82) is 0 Å². The maximum absolute atomic E-state index is 8.98. The van der Waals surface area contributed by atoms with E-state index in [1.165, 1.54) is 27.8 Å². The molecular formula is C34H48N4. The van der Waals surface area contributed by atoms with Gasteiger partial charge in [-0.3, -0.25) is 0 Å². The van der Waals surface area contributed by atoms with Crippen molar-refractivity contribution in [3.05, 3.63) is 106 Å². The third kappa shape index (κ3) is 7.18. The second-order valence-electron chi connectivity index (χ2n) is 13.5. The minimum atomic E-state index is -0.392. The summed E-state index contributed by atoms with van der Waals surface area (Å²) in [6, 6.07) is 17.4. The van der Waals surface area contributed by atoms with Crippen LogP contribution in [0.4, 0.5) is 0 Å². The van der Waals surface area contributed by atoms with Crippen LogP contribution in [0.5, 0.6) is 0 Å². The molecule has 2 aliphatic rings. The zero-order chi connectivity index (χ0) is 28.2. The highest BCUT2D eigenvalue weighted by molar-refractivity contribution is 5.35. The fraction of sp³-hybridized carbons (Fsp3) is 0.529. The number of allylic oxidation sites excluding steroid dienone is 2. The Bertz CT molecular complexity index is 1180. The molecule has 0 aliphatic heterocycles. The van der Waals surface area contributed by atoms with Crippen LogP contribution in [0.15, 0.2) is 77.9 Å². The minimum Gasteiger partial charge on any atom is -0.321 e. The highest BCUT2D eigenvalue weighted by Crippen LogP contribution is 2.43. The molecule has 2 N–H and O–H groups in total. The average Bonchev–Trinajstić information content (AvgIpc) is 2.87. The van der Waals surface area contributed by atoms with Crippen LogP contribution in [0.3, 0.4) is 0 Å². The highest BCUT2D eigenvalue weighted by atomic mass is 15.2. The first kappa shape index (κ1) is 29.7. The van der Waals surface area contributed by atoms with Crippen molar-refractivity contribution in [3.8, 4) is 0 Å². The van der Waals surface area contributed by atoms with E-state index in [1.54, 1.807) is 0 Å². The SMILES string of the molecule is C=C1CCC(N)(c2cccc(C(C)(C)C)c2)CC1.C=C1CCC(N=[N+]=[N-])(c2cccc(C(C)(C)C)c2)CC1. The summed E-state index contributed by atoms with van der Waals surface area (Å²) in [5.41, 5.74) is 23.0. The Labute approximate surface area is 231 Å². The summed E-state index contributed by atoms with van der Waals surface area (Å²) < 4.78 is 0. The van der Waals surface area contributed by atoms with Crippen LogP contribution in [-0.2, 0) is 21.9 Å². The fourth-order valence-corrected chi connectivity index (χ4v) is 5.46. The Hall–Kier alpha value is -2.81. The fourth-order valence-electron chi connectivity index (χ4n) is 5.46. The molecule has 0 bridgehead atoms. The predicted molar refractivity (Wildman–Crippen MR) is 162 cm³/mol. The second-order valence-corrected chi connectivity index (χ2v) is 13.5. The Morgan fingerprint density at radius 2 is 1.16 bits per heavy atom. The van der Waals surface area contributed by atoms with Crippen molar-refractivity contribution >= 4 is 0 Å². The first-order chi connectivity index (χ1) is 17.7. The lowest BCUT2D eigenvalue weighted by atomic mass is 9.74. The monoisotopic (exact) mass is 512 g/mol. The lowest BCUT2D eigenvalue weighted by molar-refractivity contribution is 0.342. The third-order valence-corrected chi connectivity index (χ3v) is 8.44. The van der Waals surface area contributed by atoms with Crippen molar-refractivity contribution in [3.63, 3.8) is 0 Å². The van der Waals surface area contributed by atoms with Gasteiger partial charge in [-0.1, -0.05) is 119 Å². The smallest absolute Gasteiger partial charge is 0.0744 e. The Balaban J connectivity index is 0.000000212. The van der Waals surface area contributed by atoms with Crippen molar-refractivity contribution in [2.24, 2.45) is 10.8 Å². The summed E-state index contributed by atoms with van der Waals surface area (Å²) >= 11 is 0. The van der Waals surface area contributed by atoms with Crippen molar-refractivity contribution in [2.75, 3.05) is 0 Å². The number of rotatable bonds is 3. The lowest BCUT2D eigenvalue weighted by Gasteiger charge is -2.35. The van der Waals surface area contributed by atoms with Crippen LogP contribution in [0.2, 0.25) is 0 Å². The molecule has 2 fully saturated rings. The Morgan fingerprint density at radius 1 is 0.737 bits per heavy atom. The van der Waals surface area contributed by atoms with Gasteiger partial charge in [-0.25, -0.2) is 0 Å². The maximum Gasteiger partial charge on any atom is 0.0744 e. The molecule has 0 saturated heterocycles. The van der Waals surface area contributed by atoms with Crippen LogP contribution in [0, 0.1) is 0 Å². The molecule has 2 saturated carbocycles. The number of azide groups is 1. The van der Waals surface area contributed by atoms with Gasteiger partial charge in [-0.05, 0) is 90.0 Å². The second kappa shape index (κ2) is 11.5. The quantitative estimate of drug-likeness (QED) is 0.189. The number of nitrogens with two attached hydrogens (primary N) is 1. The summed E-state index contributed by atoms with van der Waals surface area (Å²) in [7, 11) is 0. The first-order valence-corrected chi connectivity index (χ1v) is 14.1. The molecule has 2 aromatic carbocycles. The van der Waals surface area contributed by atoms with Gasteiger partial charge < -0.3 is 5.73 Å². The standard InChI is InChI=1S/C17H23N3.C17H25N/c1-13-8-10-17(11-9-13,19-20-18)15-7-5-6-14(12-15)16(2,3)4;1-13-8-10-17(18,11-9-13)15-7-5-6-14(12-15)16(2,3)4/h5-7,12H,1,8-11H2,2-4H3;5-7,12H,1,8-11,18H2,2-4H3. The summed E-state index contributed by atoms with van der Waals surface area (Å²) in [5, 5.41) is 4.18. The van der Waals surface area contributed by atoms with E-state index in [1.807, 2.05) is 0 Å². The van der Waals surface area contributed by atoms with E-state index in [2.05, 4.69) is 113 Å². The van der Waals surface area contributed by atoms with Crippen molar-refractivity contribution in [1.82, 2.24) is 0 Å². The van der Waals surface area contributed by atoms with Crippen LogP contribution in [-0.4, -0.2) is 0 Å². The molecule has 2 aromatic rings. The van der Waals surface area contributed by atoms with Gasteiger partial charge in [-0.15, -0.1) is 0 Å². The molecule has 0 spiro atoms. The number of hydrogen-bond donors (Lipinski definition) is 1.